The maximum absolute atomic E-state index is 13.6. The third-order valence-corrected chi connectivity index (χ3v) is 7.41. The van der Waals surface area contributed by atoms with Crippen molar-refractivity contribution in [2.24, 2.45) is 5.92 Å². The third-order valence-electron chi connectivity index (χ3n) is 7.41. The predicted molar refractivity (Wildman–Crippen MR) is 143 cm³/mol. The minimum atomic E-state index is -0.157. The van der Waals surface area contributed by atoms with E-state index in [9.17, 15) is 4.79 Å². The fraction of sp³-hybridized carbons (Fsp3) is 0.448. The van der Waals surface area contributed by atoms with E-state index in [0.717, 1.165) is 50.1 Å². The first-order valence-electron chi connectivity index (χ1n) is 13.3. The number of likely N-dealkylation sites (N-methyl/N-ethyl adjacent to an activating group) is 1. The van der Waals surface area contributed by atoms with Crippen LogP contribution in [0, 0.1) is 5.92 Å². The zero-order valence-electron chi connectivity index (χ0n) is 21.7. The van der Waals surface area contributed by atoms with E-state index in [4.69, 9.17) is 4.74 Å². The Labute approximate surface area is 219 Å². The lowest BCUT2D eigenvalue weighted by molar-refractivity contribution is -0.128. The fourth-order valence-corrected chi connectivity index (χ4v) is 5.51. The van der Waals surface area contributed by atoms with Crippen molar-refractivity contribution >= 4 is 5.91 Å². The summed E-state index contributed by atoms with van der Waals surface area (Å²) in [5, 5.41) is 3.35. The molecule has 0 bridgehead atoms. The smallest absolute Gasteiger partial charge is 0.225 e. The van der Waals surface area contributed by atoms with Gasteiger partial charge in [-0.15, -0.1) is 0 Å². The van der Waals surface area contributed by atoms with Crippen LogP contribution in [0.1, 0.15) is 36.8 Å². The number of nitrogens with one attached hydrogen (secondary N) is 1. The molecule has 8 nitrogen and oxygen atoms in total. The summed E-state index contributed by atoms with van der Waals surface area (Å²) in [5.74, 6) is 1.16. The summed E-state index contributed by atoms with van der Waals surface area (Å²) in [4.78, 5) is 32.0. The Bertz CT molecular complexity index is 1170. The topological polar surface area (TPSA) is 83.5 Å². The Balaban J connectivity index is 1.35. The highest BCUT2D eigenvalue weighted by atomic mass is 16.5. The van der Waals surface area contributed by atoms with Crippen LogP contribution in [0.3, 0.4) is 0 Å². The van der Waals surface area contributed by atoms with Gasteiger partial charge in [0.15, 0.2) is 5.82 Å². The molecule has 0 aliphatic carbocycles. The largest absolute Gasteiger partial charge is 0.477 e. The van der Waals surface area contributed by atoms with E-state index in [1.807, 2.05) is 37.5 Å². The Kier molecular flexibility index (Phi) is 8.06. The molecule has 0 radical (unpaired) electrons. The van der Waals surface area contributed by atoms with Crippen molar-refractivity contribution in [3.8, 4) is 17.3 Å². The molecule has 2 saturated heterocycles. The summed E-state index contributed by atoms with van der Waals surface area (Å²) < 4.78 is 5.66. The summed E-state index contributed by atoms with van der Waals surface area (Å²) in [6, 6.07) is 14.5. The average molecular weight is 501 g/mol. The van der Waals surface area contributed by atoms with Crippen LogP contribution < -0.4 is 10.1 Å². The van der Waals surface area contributed by atoms with E-state index >= 15 is 0 Å². The highest BCUT2D eigenvalue weighted by Gasteiger charge is 2.37. The zero-order chi connectivity index (χ0) is 25.6. The standard InChI is InChI=1S/C29H36N6O2/c1-3-37-29-25(10-7-13-30-29)27-31-16-22(17-32-27)24-12-15-35(18-21-8-5-4-6-9-21)20-26(24)28(36)33-23-11-14-34(2)19-23/h4-10,13,16-17,23-24,26H,3,11-12,14-15,18-20H2,1-2H3,(H,33,36)/t23-,24?,26?/m0/s1. The van der Waals surface area contributed by atoms with Gasteiger partial charge in [-0.2, -0.15) is 0 Å². The first-order valence-corrected chi connectivity index (χ1v) is 13.3. The minimum Gasteiger partial charge on any atom is -0.477 e. The van der Waals surface area contributed by atoms with Gasteiger partial charge in [0, 0.05) is 50.2 Å². The van der Waals surface area contributed by atoms with Crippen molar-refractivity contribution in [3.63, 3.8) is 0 Å². The first-order chi connectivity index (χ1) is 18.1. The molecule has 3 aromatic rings. The van der Waals surface area contributed by atoms with Crippen LogP contribution in [-0.4, -0.2) is 76.5 Å². The molecular formula is C29H36N6O2. The summed E-state index contributed by atoms with van der Waals surface area (Å²) in [5.41, 5.74) is 3.05. The molecule has 2 aromatic heterocycles. The Hall–Kier alpha value is -3.36. The van der Waals surface area contributed by atoms with Gasteiger partial charge in [0.25, 0.3) is 0 Å². The summed E-state index contributed by atoms with van der Waals surface area (Å²) in [7, 11) is 2.11. The second-order valence-electron chi connectivity index (χ2n) is 10.1. The second-order valence-corrected chi connectivity index (χ2v) is 10.1. The molecule has 5 rings (SSSR count). The van der Waals surface area contributed by atoms with E-state index in [0.29, 0.717) is 24.9 Å². The van der Waals surface area contributed by atoms with Crippen molar-refractivity contribution in [3.05, 3.63) is 72.2 Å². The van der Waals surface area contributed by atoms with Gasteiger partial charge in [0.05, 0.1) is 18.1 Å². The van der Waals surface area contributed by atoms with Gasteiger partial charge in [-0.3, -0.25) is 9.69 Å². The quantitative estimate of drug-likeness (QED) is 0.508. The highest BCUT2D eigenvalue weighted by Crippen LogP contribution is 2.34. The number of hydrogen-bond acceptors (Lipinski definition) is 7. The molecule has 2 aliphatic rings. The highest BCUT2D eigenvalue weighted by molar-refractivity contribution is 5.80. The number of carbonyl (C=O) groups excluding carboxylic acids is 1. The number of aromatic nitrogens is 3. The van der Waals surface area contributed by atoms with Gasteiger partial charge in [0.2, 0.25) is 11.8 Å². The number of amides is 1. The fourth-order valence-electron chi connectivity index (χ4n) is 5.51. The van der Waals surface area contributed by atoms with Gasteiger partial charge in [0.1, 0.15) is 0 Å². The van der Waals surface area contributed by atoms with E-state index in [1.54, 1.807) is 6.20 Å². The molecule has 0 saturated carbocycles. The van der Waals surface area contributed by atoms with E-state index in [1.165, 1.54) is 5.56 Å². The third kappa shape index (κ3) is 6.14. The van der Waals surface area contributed by atoms with Crippen LogP contribution in [0.15, 0.2) is 61.1 Å². The molecule has 2 fully saturated rings. The van der Waals surface area contributed by atoms with Crippen LogP contribution >= 0.6 is 0 Å². The zero-order valence-corrected chi connectivity index (χ0v) is 21.7. The summed E-state index contributed by atoms with van der Waals surface area (Å²) in [6.45, 7) is 6.87. The first kappa shape index (κ1) is 25.3. The number of carbonyl (C=O) groups is 1. The van der Waals surface area contributed by atoms with Gasteiger partial charge in [-0.25, -0.2) is 15.0 Å². The number of rotatable bonds is 8. The number of likely N-dealkylation sites (tertiary alicyclic amines) is 2. The summed E-state index contributed by atoms with van der Waals surface area (Å²) >= 11 is 0. The lowest BCUT2D eigenvalue weighted by Gasteiger charge is -2.38. The lowest BCUT2D eigenvalue weighted by atomic mass is 9.80. The van der Waals surface area contributed by atoms with Gasteiger partial charge < -0.3 is 15.0 Å². The molecular weight excluding hydrogens is 464 g/mol. The van der Waals surface area contributed by atoms with E-state index in [-0.39, 0.29) is 23.8 Å². The van der Waals surface area contributed by atoms with E-state index in [2.05, 4.69) is 61.4 Å². The molecule has 194 valence electrons. The number of pyridine rings is 1. The van der Waals surface area contributed by atoms with Gasteiger partial charge in [-0.05, 0) is 63.2 Å². The van der Waals surface area contributed by atoms with E-state index < -0.39 is 0 Å². The maximum atomic E-state index is 13.6. The van der Waals surface area contributed by atoms with Crippen LogP contribution in [0.5, 0.6) is 5.88 Å². The average Bonchev–Trinajstić information content (AvgIpc) is 3.34. The monoisotopic (exact) mass is 500 g/mol. The molecule has 1 amide bonds. The van der Waals surface area contributed by atoms with Crippen molar-refractivity contribution in [2.75, 3.05) is 39.8 Å². The van der Waals surface area contributed by atoms with Crippen LogP contribution in [0.4, 0.5) is 0 Å². The molecule has 3 atom stereocenters. The predicted octanol–water partition coefficient (Wildman–Crippen LogP) is 3.36. The molecule has 37 heavy (non-hydrogen) atoms. The van der Waals surface area contributed by atoms with Crippen molar-refractivity contribution in [1.29, 1.82) is 0 Å². The Morgan fingerprint density at radius 2 is 1.84 bits per heavy atom. The molecule has 1 N–H and O–H groups in total. The molecule has 2 unspecified atom stereocenters. The van der Waals surface area contributed by atoms with Crippen LogP contribution in [-0.2, 0) is 11.3 Å². The summed E-state index contributed by atoms with van der Waals surface area (Å²) in [6.07, 6.45) is 7.35. The number of piperidine rings is 1. The SMILES string of the molecule is CCOc1ncccc1-c1ncc(C2CCN(Cc3ccccc3)CC2C(=O)N[C@H]2CCN(C)C2)cn1. The number of hydrogen-bond donors (Lipinski definition) is 1. The Morgan fingerprint density at radius 3 is 2.57 bits per heavy atom. The van der Waals surface area contributed by atoms with Crippen LogP contribution in [0.25, 0.3) is 11.4 Å². The number of benzene rings is 1. The number of ether oxygens (including phenoxy) is 1. The van der Waals surface area contributed by atoms with Gasteiger partial charge in [-0.1, -0.05) is 30.3 Å². The van der Waals surface area contributed by atoms with Crippen molar-refractivity contribution < 1.29 is 9.53 Å². The van der Waals surface area contributed by atoms with Crippen LogP contribution in [0.2, 0.25) is 0 Å². The Morgan fingerprint density at radius 1 is 1.03 bits per heavy atom. The van der Waals surface area contributed by atoms with Crippen molar-refractivity contribution in [1.82, 2.24) is 30.1 Å². The molecule has 2 aliphatic heterocycles. The molecule has 4 heterocycles. The minimum absolute atomic E-state index is 0.0699. The second kappa shape index (κ2) is 11.8. The maximum Gasteiger partial charge on any atom is 0.225 e. The molecule has 8 heteroatoms. The molecule has 0 spiro atoms. The van der Waals surface area contributed by atoms with Gasteiger partial charge >= 0.3 is 0 Å². The molecule has 1 aromatic carbocycles. The normalized spacial score (nSPS) is 22.6. The van der Waals surface area contributed by atoms with Crippen molar-refractivity contribution in [2.45, 2.75) is 38.3 Å². The lowest BCUT2D eigenvalue weighted by Crippen LogP contribution is -2.49. The number of nitrogens with zero attached hydrogens (tertiary/aromatic N) is 5.